The van der Waals surface area contributed by atoms with Crippen molar-refractivity contribution in [1.82, 2.24) is 0 Å². The number of hydrogen-bond acceptors (Lipinski definition) is 3. The van der Waals surface area contributed by atoms with Crippen molar-refractivity contribution < 1.29 is 31.4 Å². The molecular weight excluding hydrogens is 374 g/mol. The van der Waals surface area contributed by atoms with E-state index in [2.05, 4.69) is 5.32 Å². The van der Waals surface area contributed by atoms with Gasteiger partial charge in [0.25, 0.3) is 5.60 Å². The summed E-state index contributed by atoms with van der Waals surface area (Å²) in [5.41, 5.74) is -5.36. The zero-order valence-electron chi connectivity index (χ0n) is 13.6. The summed E-state index contributed by atoms with van der Waals surface area (Å²) in [6, 6.07) is 13.1. The van der Waals surface area contributed by atoms with Crippen LogP contribution in [0.15, 0.2) is 54.6 Å². The number of benzene rings is 2. The van der Waals surface area contributed by atoms with Crippen LogP contribution in [0.5, 0.6) is 0 Å². The second-order valence-electron chi connectivity index (χ2n) is 5.80. The molecule has 2 aromatic rings. The first-order valence-electron chi connectivity index (χ1n) is 7.65. The summed E-state index contributed by atoms with van der Waals surface area (Å²) in [6.45, 7) is 0. The number of hydrogen-bond donors (Lipinski definition) is 2. The number of nitriles is 1. The lowest BCUT2D eigenvalue weighted by molar-refractivity contribution is -0.376. The maximum atomic E-state index is 12.9. The van der Waals surface area contributed by atoms with Crippen LogP contribution in [-0.2, 0) is 12.0 Å². The van der Waals surface area contributed by atoms with Crippen molar-refractivity contribution >= 4 is 5.69 Å². The molecule has 0 aliphatic carbocycles. The van der Waals surface area contributed by atoms with Gasteiger partial charge in [0.15, 0.2) is 0 Å². The van der Waals surface area contributed by atoms with Crippen molar-refractivity contribution in [1.29, 1.82) is 5.26 Å². The Labute approximate surface area is 150 Å². The van der Waals surface area contributed by atoms with Crippen LogP contribution in [0.4, 0.5) is 32.0 Å². The number of halogens is 6. The molecule has 0 spiro atoms. The van der Waals surface area contributed by atoms with Crippen LogP contribution < -0.4 is 5.32 Å². The largest absolute Gasteiger partial charge is 0.430 e. The number of aliphatic hydroxyl groups is 1. The molecule has 144 valence electrons. The average Bonchev–Trinajstić information content (AvgIpc) is 2.60. The molecular formula is C18H14F6N2O. The van der Waals surface area contributed by atoms with Crippen LogP contribution in [0.25, 0.3) is 0 Å². The van der Waals surface area contributed by atoms with Crippen molar-refractivity contribution in [3.05, 3.63) is 65.7 Å². The van der Waals surface area contributed by atoms with Gasteiger partial charge >= 0.3 is 12.4 Å². The highest BCUT2D eigenvalue weighted by atomic mass is 19.4. The van der Waals surface area contributed by atoms with E-state index in [0.717, 1.165) is 17.7 Å². The number of rotatable bonds is 5. The third-order valence-corrected chi connectivity index (χ3v) is 3.90. The molecule has 0 heterocycles. The molecule has 0 fully saturated rings. The molecule has 2 N–H and O–H groups in total. The Morgan fingerprint density at radius 3 is 1.85 bits per heavy atom. The van der Waals surface area contributed by atoms with Gasteiger partial charge in [-0.15, -0.1) is 0 Å². The lowest BCUT2D eigenvalue weighted by atomic mass is 9.92. The fraction of sp³-hybridized carbons (Fsp3) is 0.278. The number of nitrogens with zero attached hydrogens (tertiary/aromatic N) is 1. The van der Waals surface area contributed by atoms with Crippen LogP contribution in [0.1, 0.15) is 11.1 Å². The molecule has 0 saturated carbocycles. The molecule has 0 amide bonds. The smallest absolute Gasteiger partial charge is 0.370 e. The fourth-order valence-corrected chi connectivity index (χ4v) is 2.48. The van der Waals surface area contributed by atoms with Gasteiger partial charge < -0.3 is 10.4 Å². The molecule has 0 aliphatic heterocycles. The third-order valence-electron chi connectivity index (χ3n) is 3.90. The summed E-state index contributed by atoms with van der Waals surface area (Å²) in [6.07, 6.45) is -11.6. The van der Waals surface area contributed by atoms with Gasteiger partial charge in [-0.2, -0.15) is 31.6 Å². The van der Waals surface area contributed by atoms with E-state index in [9.17, 15) is 36.7 Å². The highest BCUT2D eigenvalue weighted by molar-refractivity contribution is 5.48. The summed E-state index contributed by atoms with van der Waals surface area (Å²) in [4.78, 5) is 0. The molecule has 27 heavy (non-hydrogen) atoms. The minimum Gasteiger partial charge on any atom is -0.370 e. The van der Waals surface area contributed by atoms with Gasteiger partial charge in [0.05, 0.1) is 6.07 Å². The van der Waals surface area contributed by atoms with Gasteiger partial charge in [0.1, 0.15) is 6.04 Å². The first-order chi connectivity index (χ1) is 12.5. The SMILES string of the molecule is N#CC(Cc1ccccc1)Nc1ccc(C(O)(C(F)(F)F)C(F)(F)F)cc1. The molecule has 2 aromatic carbocycles. The van der Waals surface area contributed by atoms with E-state index in [-0.39, 0.29) is 12.1 Å². The first kappa shape index (κ1) is 20.6. The van der Waals surface area contributed by atoms with E-state index >= 15 is 0 Å². The van der Waals surface area contributed by atoms with Gasteiger partial charge in [-0.05, 0) is 17.7 Å². The average molecular weight is 388 g/mol. The van der Waals surface area contributed by atoms with Crippen LogP contribution in [0.2, 0.25) is 0 Å². The Morgan fingerprint density at radius 1 is 0.889 bits per heavy atom. The quantitative estimate of drug-likeness (QED) is 0.740. The van der Waals surface area contributed by atoms with Crippen molar-refractivity contribution in [2.24, 2.45) is 0 Å². The van der Waals surface area contributed by atoms with Crippen LogP contribution >= 0.6 is 0 Å². The predicted octanol–water partition coefficient (Wildman–Crippen LogP) is 4.55. The maximum Gasteiger partial charge on any atom is 0.430 e. The monoisotopic (exact) mass is 388 g/mol. The molecule has 0 aromatic heterocycles. The van der Waals surface area contributed by atoms with Gasteiger partial charge in [-0.25, -0.2) is 0 Å². The minimum atomic E-state index is -5.94. The van der Waals surface area contributed by atoms with Crippen LogP contribution in [-0.4, -0.2) is 23.5 Å². The van der Waals surface area contributed by atoms with Gasteiger partial charge in [-0.3, -0.25) is 0 Å². The van der Waals surface area contributed by atoms with E-state index in [0.29, 0.717) is 12.1 Å². The lowest BCUT2D eigenvalue weighted by Gasteiger charge is -2.32. The number of nitrogens with one attached hydrogen (secondary N) is 1. The molecule has 0 saturated heterocycles. The molecule has 1 unspecified atom stereocenters. The van der Waals surface area contributed by atoms with E-state index in [1.165, 1.54) is 0 Å². The van der Waals surface area contributed by atoms with E-state index in [1.54, 1.807) is 30.3 Å². The summed E-state index contributed by atoms with van der Waals surface area (Å²) in [5.74, 6) is 0. The zero-order valence-corrected chi connectivity index (χ0v) is 13.6. The molecule has 0 radical (unpaired) electrons. The van der Waals surface area contributed by atoms with Gasteiger partial charge in [-0.1, -0.05) is 42.5 Å². The second kappa shape index (κ2) is 7.48. The Hall–Kier alpha value is -2.73. The van der Waals surface area contributed by atoms with Crippen LogP contribution in [0, 0.1) is 11.3 Å². The van der Waals surface area contributed by atoms with E-state index in [1.807, 2.05) is 6.07 Å². The Kier molecular flexibility index (Phi) is 5.70. The van der Waals surface area contributed by atoms with Crippen molar-refractivity contribution in [2.75, 3.05) is 5.32 Å². The predicted molar refractivity (Wildman–Crippen MR) is 85.6 cm³/mol. The summed E-state index contributed by atoms with van der Waals surface area (Å²) < 4.78 is 77.2. The summed E-state index contributed by atoms with van der Waals surface area (Å²) in [5, 5.41) is 21.3. The highest BCUT2D eigenvalue weighted by Crippen LogP contribution is 2.50. The standard InChI is InChI=1S/C18H14F6N2O/c19-17(20,21)16(27,18(22,23)24)13-6-8-14(9-7-13)26-15(11-25)10-12-4-2-1-3-5-12/h1-9,15,26-27H,10H2. The fourth-order valence-electron chi connectivity index (χ4n) is 2.48. The normalized spacial score (nSPS) is 13.7. The maximum absolute atomic E-state index is 12.9. The molecule has 9 heteroatoms. The molecule has 1 atom stereocenters. The summed E-state index contributed by atoms with van der Waals surface area (Å²) >= 11 is 0. The van der Waals surface area contributed by atoms with Gasteiger partial charge in [0.2, 0.25) is 0 Å². The molecule has 2 rings (SSSR count). The van der Waals surface area contributed by atoms with Crippen molar-refractivity contribution in [3.63, 3.8) is 0 Å². The van der Waals surface area contributed by atoms with Gasteiger partial charge in [0, 0.05) is 17.7 Å². The third kappa shape index (κ3) is 4.34. The Morgan fingerprint density at radius 2 is 1.41 bits per heavy atom. The lowest BCUT2D eigenvalue weighted by Crippen LogP contribution is -2.53. The van der Waals surface area contributed by atoms with E-state index in [4.69, 9.17) is 0 Å². The van der Waals surface area contributed by atoms with Crippen molar-refractivity contribution in [3.8, 4) is 6.07 Å². The first-order valence-corrected chi connectivity index (χ1v) is 7.65. The topological polar surface area (TPSA) is 56.0 Å². The number of alkyl halides is 6. The highest BCUT2D eigenvalue weighted by Gasteiger charge is 2.71. The molecule has 0 aliphatic rings. The zero-order chi connectivity index (χ0) is 20.3. The molecule has 3 nitrogen and oxygen atoms in total. The Balaban J connectivity index is 2.22. The van der Waals surface area contributed by atoms with Crippen LogP contribution in [0.3, 0.4) is 0 Å². The molecule has 0 bridgehead atoms. The van der Waals surface area contributed by atoms with Crippen molar-refractivity contribution in [2.45, 2.75) is 30.4 Å². The Bertz CT molecular complexity index is 780. The second-order valence-corrected chi connectivity index (χ2v) is 5.80. The number of anilines is 1. The van der Waals surface area contributed by atoms with E-state index < -0.39 is 29.6 Å². The summed E-state index contributed by atoms with van der Waals surface area (Å²) in [7, 11) is 0. The minimum absolute atomic E-state index is 0.146.